The van der Waals surface area contributed by atoms with Gasteiger partial charge in [-0.2, -0.15) is 0 Å². The molecule has 0 aliphatic heterocycles. The van der Waals surface area contributed by atoms with Crippen LogP contribution in [0.15, 0.2) is 18.2 Å². The van der Waals surface area contributed by atoms with E-state index in [1.165, 1.54) is 6.07 Å². The maximum absolute atomic E-state index is 13.4. The number of nitrogens with one attached hydrogen (secondary N) is 2. The molecule has 3 N–H and O–H groups in total. The summed E-state index contributed by atoms with van der Waals surface area (Å²) in [6, 6.07) is 3.24. The summed E-state index contributed by atoms with van der Waals surface area (Å²) >= 11 is 0. The highest BCUT2D eigenvalue weighted by Crippen LogP contribution is 2.26. The summed E-state index contributed by atoms with van der Waals surface area (Å²) in [4.78, 5) is 24.9. The zero-order valence-corrected chi connectivity index (χ0v) is 15.2. The predicted octanol–water partition coefficient (Wildman–Crippen LogP) is 2.44. The van der Waals surface area contributed by atoms with E-state index >= 15 is 0 Å². The number of aliphatic carboxylic acids is 1. The normalized spacial score (nSPS) is 19.8. The number of halogens is 2. The van der Waals surface area contributed by atoms with Crippen molar-refractivity contribution in [2.24, 2.45) is 0 Å². The molecular formula is C18H25F2N3O3. The third-order valence-corrected chi connectivity index (χ3v) is 4.78. The molecule has 26 heavy (non-hydrogen) atoms. The maximum atomic E-state index is 13.4. The minimum absolute atomic E-state index is 0.0107. The first kappa shape index (κ1) is 20.1. The van der Waals surface area contributed by atoms with Crippen molar-refractivity contribution in [2.75, 3.05) is 13.1 Å². The van der Waals surface area contributed by atoms with Crippen molar-refractivity contribution in [2.45, 2.75) is 51.2 Å². The van der Waals surface area contributed by atoms with E-state index in [4.69, 9.17) is 5.11 Å². The molecule has 6 nitrogen and oxygen atoms in total. The topological polar surface area (TPSA) is 81.7 Å². The van der Waals surface area contributed by atoms with Crippen LogP contribution in [-0.2, 0) is 10.3 Å². The number of carbonyl (C=O) groups excluding carboxylic acids is 1. The van der Waals surface area contributed by atoms with Gasteiger partial charge in [0.15, 0.2) is 11.6 Å². The van der Waals surface area contributed by atoms with Crippen LogP contribution in [0.5, 0.6) is 0 Å². The molecule has 1 saturated carbocycles. The molecular weight excluding hydrogens is 344 g/mol. The van der Waals surface area contributed by atoms with Crippen LogP contribution in [-0.4, -0.2) is 47.2 Å². The van der Waals surface area contributed by atoms with Crippen LogP contribution >= 0.6 is 0 Å². The van der Waals surface area contributed by atoms with Gasteiger partial charge >= 0.3 is 12.0 Å². The molecule has 2 amide bonds. The molecule has 1 fully saturated rings. The van der Waals surface area contributed by atoms with Gasteiger partial charge in [0.2, 0.25) is 0 Å². The lowest BCUT2D eigenvalue weighted by atomic mass is 9.85. The van der Waals surface area contributed by atoms with Crippen molar-refractivity contribution >= 4 is 12.0 Å². The Balaban J connectivity index is 1.85. The molecule has 1 aromatic rings. The van der Waals surface area contributed by atoms with Crippen molar-refractivity contribution in [3.63, 3.8) is 0 Å². The van der Waals surface area contributed by atoms with Crippen molar-refractivity contribution in [1.29, 1.82) is 0 Å². The lowest BCUT2D eigenvalue weighted by Crippen LogP contribution is -2.57. The van der Waals surface area contributed by atoms with Crippen molar-refractivity contribution < 1.29 is 23.5 Å². The Labute approximate surface area is 151 Å². The van der Waals surface area contributed by atoms with Gasteiger partial charge in [-0.3, -0.25) is 9.69 Å². The van der Waals surface area contributed by atoms with Crippen LogP contribution in [0.4, 0.5) is 13.6 Å². The summed E-state index contributed by atoms with van der Waals surface area (Å²) in [6.45, 7) is 5.94. The Morgan fingerprint density at radius 3 is 2.46 bits per heavy atom. The van der Waals surface area contributed by atoms with Crippen LogP contribution in [0.3, 0.4) is 0 Å². The fourth-order valence-corrected chi connectivity index (χ4v) is 3.14. The standard InChI is InChI=1S/C18H25F2N3O3/c1-4-23(10-16(24)25)13-8-12(9-13)21-17(26)22-18(2,3)11-5-6-14(19)15(20)7-11/h5-7,12-13H,4,8-10H2,1-3H3,(H,24,25)(H2,21,22,26). The van der Waals surface area contributed by atoms with Crippen LogP contribution < -0.4 is 10.6 Å². The van der Waals surface area contributed by atoms with Crippen LogP contribution in [0.1, 0.15) is 39.2 Å². The molecule has 0 bridgehead atoms. The molecule has 0 aromatic heterocycles. The summed E-state index contributed by atoms with van der Waals surface area (Å²) in [7, 11) is 0. The first-order chi connectivity index (χ1) is 12.1. The number of rotatable bonds is 7. The van der Waals surface area contributed by atoms with Crippen LogP contribution in [0, 0.1) is 11.6 Å². The number of amides is 2. The quantitative estimate of drug-likeness (QED) is 0.690. The second-order valence-corrected chi connectivity index (χ2v) is 7.13. The number of likely N-dealkylation sites (N-methyl/N-ethyl adjacent to an activating group) is 1. The largest absolute Gasteiger partial charge is 0.480 e. The van der Waals surface area contributed by atoms with Gasteiger partial charge in [0, 0.05) is 12.1 Å². The Bertz CT molecular complexity index is 676. The Morgan fingerprint density at radius 1 is 1.27 bits per heavy atom. The first-order valence-corrected chi connectivity index (χ1v) is 8.62. The lowest BCUT2D eigenvalue weighted by Gasteiger charge is -2.42. The third kappa shape index (κ3) is 4.91. The number of benzene rings is 1. The second kappa shape index (κ2) is 7.99. The van der Waals surface area contributed by atoms with E-state index in [0.717, 1.165) is 12.1 Å². The van der Waals surface area contributed by atoms with E-state index in [2.05, 4.69) is 10.6 Å². The monoisotopic (exact) mass is 369 g/mol. The highest BCUT2D eigenvalue weighted by atomic mass is 19.2. The molecule has 1 aliphatic rings. The molecule has 0 radical (unpaired) electrons. The van der Waals surface area contributed by atoms with Crippen LogP contribution in [0.25, 0.3) is 0 Å². The summed E-state index contributed by atoms with van der Waals surface area (Å²) in [5, 5.41) is 14.5. The van der Waals surface area contributed by atoms with E-state index in [9.17, 15) is 18.4 Å². The van der Waals surface area contributed by atoms with E-state index < -0.39 is 29.2 Å². The Kier molecular flexibility index (Phi) is 6.17. The minimum Gasteiger partial charge on any atom is -0.480 e. The van der Waals surface area contributed by atoms with E-state index in [1.54, 1.807) is 13.8 Å². The number of carbonyl (C=O) groups is 2. The van der Waals surface area contributed by atoms with Gasteiger partial charge < -0.3 is 15.7 Å². The zero-order valence-electron chi connectivity index (χ0n) is 15.2. The highest BCUT2D eigenvalue weighted by Gasteiger charge is 2.35. The molecule has 2 rings (SSSR count). The summed E-state index contributed by atoms with van der Waals surface area (Å²) in [5.41, 5.74) is -0.419. The first-order valence-electron chi connectivity index (χ1n) is 8.62. The highest BCUT2D eigenvalue weighted by molar-refractivity contribution is 5.75. The Hall–Kier alpha value is -2.22. The van der Waals surface area contributed by atoms with E-state index in [0.29, 0.717) is 24.9 Å². The molecule has 0 unspecified atom stereocenters. The number of carboxylic acid groups (broad SMARTS) is 1. The molecule has 1 aliphatic carbocycles. The Morgan fingerprint density at radius 2 is 1.92 bits per heavy atom. The maximum Gasteiger partial charge on any atom is 0.317 e. The predicted molar refractivity (Wildman–Crippen MR) is 92.7 cm³/mol. The van der Waals surface area contributed by atoms with Gasteiger partial charge in [0.1, 0.15) is 0 Å². The molecule has 8 heteroatoms. The number of hydrogen-bond donors (Lipinski definition) is 3. The molecule has 0 heterocycles. The summed E-state index contributed by atoms with van der Waals surface area (Å²) < 4.78 is 26.5. The third-order valence-electron chi connectivity index (χ3n) is 4.78. The minimum atomic E-state index is -0.960. The summed E-state index contributed by atoms with van der Waals surface area (Å²) in [6.07, 6.45) is 1.36. The number of urea groups is 1. The van der Waals surface area contributed by atoms with Crippen molar-refractivity contribution in [3.8, 4) is 0 Å². The smallest absolute Gasteiger partial charge is 0.317 e. The molecule has 144 valence electrons. The van der Waals surface area contributed by atoms with Gasteiger partial charge in [0.25, 0.3) is 0 Å². The lowest BCUT2D eigenvalue weighted by molar-refractivity contribution is -0.139. The average molecular weight is 369 g/mol. The molecule has 0 atom stereocenters. The fraction of sp³-hybridized carbons (Fsp3) is 0.556. The summed E-state index contributed by atoms with van der Waals surface area (Å²) in [5.74, 6) is -2.76. The fourth-order valence-electron chi connectivity index (χ4n) is 3.14. The molecule has 0 spiro atoms. The van der Waals surface area contributed by atoms with E-state index in [-0.39, 0.29) is 18.6 Å². The zero-order chi connectivity index (χ0) is 19.5. The van der Waals surface area contributed by atoms with Gasteiger partial charge in [-0.15, -0.1) is 0 Å². The van der Waals surface area contributed by atoms with Gasteiger partial charge in [0.05, 0.1) is 12.1 Å². The van der Waals surface area contributed by atoms with Gasteiger partial charge in [-0.05, 0) is 50.9 Å². The van der Waals surface area contributed by atoms with Gasteiger partial charge in [-0.1, -0.05) is 13.0 Å². The molecule has 1 aromatic carbocycles. The van der Waals surface area contributed by atoms with Crippen molar-refractivity contribution in [3.05, 3.63) is 35.4 Å². The van der Waals surface area contributed by atoms with Gasteiger partial charge in [-0.25, -0.2) is 13.6 Å². The average Bonchev–Trinajstić information content (AvgIpc) is 2.50. The van der Waals surface area contributed by atoms with E-state index in [1.807, 2.05) is 11.8 Å². The number of hydrogen-bond acceptors (Lipinski definition) is 3. The number of carboxylic acids is 1. The van der Waals surface area contributed by atoms with Crippen molar-refractivity contribution in [1.82, 2.24) is 15.5 Å². The van der Waals surface area contributed by atoms with Crippen LogP contribution in [0.2, 0.25) is 0 Å². The SMILES string of the molecule is CCN(CC(=O)O)C1CC(NC(=O)NC(C)(C)c2ccc(F)c(F)c2)C1. The molecule has 0 saturated heterocycles. The number of nitrogens with zero attached hydrogens (tertiary/aromatic N) is 1. The second-order valence-electron chi connectivity index (χ2n) is 7.13.